The van der Waals surface area contributed by atoms with Crippen molar-refractivity contribution in [2.75, 3.05) is 13.1 Å². The van der Waals surface area contributed by atoms with Crippen LogP contribution in [-0.4, -0.2) is 29.1 Å². The predicted octanol–water partition coefficient (Wildman–Crippen LogP) is 3.70. The van der Waals surface area contributed by atoms with Crippen molar-refractivity contribution in [3.05, 3.63) is 53.0 Å². The fourth-order valence-electron chi connectivity index (χ4n) is 2.44. The Balaban J connectivity index is 1.64. The number of amidine groups is 1. The lowest BCUT2D eigenvalue weighted by atomic mass is 10.1. The number of benzene rings is 1. The monoisotopic (exact) mass is 298 g/mol. The van der Waals surface area contributed by atoms with E-state index in [-0.39, 0.29) is 5.91 Å². The van der Waals surface area contributed by atoms with Crippen LogP contribution in [0.1, 0.15) is 24.8 Å². The smallest absolute Gasteiger partial charge is 0.286 e. The largest absolute Gasteiger partial charge is 0.351 e. The summed E-state index contributed by atoms with van der Waals surface area (Å²) in [6, 6.07) is 10.1. The van der Waals surface area contributed by atoms with Crippen molar-refractivity contribution in [2.24, 2.45) is 4.99 Å². The van der Waals surface area contributed by atoms with Crippen molar-refractivity contribution >= 4 is 28.9 Å². The number of amides is 1. The lowest BCUT2D eigenvalue weighted by molar-refractivity contribution is -0.113. The predicted molar refractivity (Wildman–Crippen MR) is 89.0 cm³/mol. The zero-order valence-corrected chi connectivity index (χ0v) is 12.7. The van der Waals surface area contributed by atoms with E-state index in [1.807, 2.05) is 48.6 Å². The molecule has 1 saturated heterocycles. The molecule has 0 radical (unpaired) electrons. The Kier molecular flexibility index (Phi) is 4.55. The summed E-state index contributed by atoms with van der Waals surface area (Å²) in [5.74, 6) is -0.113. The molecule has 2 heterocycles. The molecular weight excluding hydrogens is 280 g/mol. The molecule has 1 aromatic rings. The van der Waals surface area contributed by atoms with Gasteiger partial charge in [0.2, 0.25) is 0 Å². The second-order valence-corrected chi connectivity index (χ2v) is 6.16. The number of carbonyl (C=O) groups excluding carboxylic acids is 1. The lowest BCUT2D eigenvalue weighted by Crippen LogP contribution is -2.33. The highest BCUT2D eigenvalue weighted by molar-refractivity contribution is 8.18. The second kappa shape index (κ2) is 6.76. The SMILES string of the molecule is O=C1N=C(N2CCCCC2)S/C1=C/C=C/c1ccccc1. The minimum Gasteiger partial charge on any atom is -0.351 e. The van der Waals surface area contributed by atoms with Crippen LogP contribution in [0.5, 0.6) is 0 Å². The molecular formula is C17H18N2OS. The molecule has 3 rings (SSSR count). The van der Waals surface area contributed by atoms with Crippen molar-refractivity contribution in [1.29, 1.82) is 0 Å². The molecule has 0 bridgehead atoms. The Bertz CT molecular complexity index is 598. The minimum atomic E-state index is -0.113. The van der Waals surface area contributed by atoms with Gasteiger partial charge in [0.15, 0.2) is 5.17 Å². The maximum Gasteiger partial charge on any atom is 0.286 e. The van der Waals surface area contributed by atoms with Crippen LogP contribution in [0.15, 0.2) is 52.4 Å². The van der Waals surface area contributed by atoms with Gasteiger partial charge in [0, 0.05) is 13.1 Å². The number of thioether (sulfide) groups is 1. The van der Waals surface area contributed by atoms with Crippen LogP contribution in [0.25, 0.3) is 6.08 Å². The van der Waals surface area contributed by atoms with Crippen molar-refractivity contribution in [3.63, 3.8) is 0 Å². The molecule has 0 aromatic heterocycles. The molecule has 21 heavy (non-hydrogen) atoms. The first-order valence-electron chi connectivity index (χ1n) is 7.32. The molecule has 0 unspecified atom stereocenters. The number of likely N-dealkylation sites (tertiary alicyclic amines) is 1. The highest BCUT2D eigenvalue weighted by Crippen LogP contribution is 2.29. The number of nitrogens with zero attached hydrogens (tertiary/aromatic N) is 2. The second-order valence-electron chi connectivity index (χ2n) is 5.15. The molecule has 0 N–H and O–H groups in total. The summed E-state index contributed by atoms with van der Waals surface area (Å²) >= 11 is 1.50. The van der Waals surface area contributed by atoms with Gasteiger partial charge in [-0.1, -0.05) is 42.5 Å². The van der Waals surface area contributed by atoms with Gasteiger partial charge in [-0.2, -0.15) is 4.99 Å². The number of piperidine rings is 1. The topological polar surface area (TPSA) is 32.7 Å². The van der Waals surface area contributed by atoms with Gasteiger partial charge >= 0.3 is 0 Å². The standard InChI is InChI=1S/C17H18N2OS/c20-16-15(11-7-10-14-8-3-1-4-9-14)21-17(18-16)19-12-5-2-6-13-19/h1,3-4,7-11H,2,5-6,12-13H2/b10-7+,15-11+. The van der Waals surface area contributed by atoms with E-state index >= 15 is 0 Å². The number of aliphatic imine (C=N–C) groups is 1. The average molecular weight is 298 g/mol. The minimum absolute atomic E-state index is 0.113. The van der Waals surface area contributed by atoms with Crippen LogP contribution < -0.4 is 0 Å². The Morgan fingerprint density at radius 3 is 2.62 bits per heavy atom. The van der Waals surface area contributed by atoms with Gasteiger partial charge in [-0.3, -0.25) is 4.79 Å². The molecule has 2 aliphatic rings. The number of hydrogen-bond donors (Lipinski definition) is 0. The summed E-state index contributed by atoms with van der Waals surface area (Å²) in [5, 5.41) is 0.874. The Labute approximate surface area is 129 Å². The molecule has 0 spiro atoms. The summed E-state index contributed by atoms with van der Waals surface area (Å²) in [4.78, 5) is 19.1. The first kappa shape index (κ1) is 14.1. The lowest BCUT2D eigenvalue weighted by Gasteiger charge is -2.27. The molecule has 1 fully saturated rings. The summed E-state index contributed by atoms with van der Waals surface area (Å²) in [7, 11) is 0. The van der Waals surface area contributed by atoms with E-state index in [2.05, 4.69) is 9.89 Å². The van der Waals surface area contributed by atoms with E-state index in [0.29, 0.717) is 4.91 Å². The van der Waals surface area contributed by atoms with Gasteiger partial charge in [-0.15, -0.1) is 0 Å². The highest BCUT2D eigenvalue weighted by atomic mass is 32.2. The van der Waals surface area contributed by atoms with Gasteiger partial charge in [0.1, 0.15) is 0 Å². The maximum atomic E-state index is 11.9. The zero-order valence-electron chi connectivity index (χ0n) is 11.9. The van der Waals surface area contributed by atoms with Gasteiger partial charge < -0.3 is 4.90 Å². The Morgan fingerprint density at radius 1 is 1.10 bits per heavy atom. The first-order valence-corrected chi connectivity index (χ1v) is 8.14. The van der Waals surface area contributed by atoms with Crippen LogP contribution in [0.2, 0.25) is 0 Å². The zero-order chi connectivity index (χ0) is 14.5. The quantitative estimate of drug-likeness (QED) is 0.780. The van der Waals surface area contributed by atoms with E-state index in [1.54, 1.807) is 0 Å². The summed E-state index contributed by atoms with van der Waals surface area (Å²) in [6.07, 6.45) is 9.46. The van der Waals surface area contributed by atoms with Crippen LogP contribution in [0.4, 0.5) is 0 Å². The fraction of sp³-hybridized carbons (Fsp3) is 0.294. The van der Waals surface area contributed by atoms with Gasteiger partial charge in [0.05, 0.1) is 4.91 Å². The fourth-order valence-corrected chi connectivity index (χ4v) is 3.36. The number of allylic oxidation sites excluding steroid dienone is 2. The summed E-state index contributed by atoms with van der Waals surface area (Å²) < 4.78 is 0. The molecule has 0 aliphatic carbocycles. The average Bonchev–Trinajstić information content (AvgIpc) is 2.91. The number of hydrogen-bond acceptors (Lipinski definition) is 3. The van der Waals surface area contributed by atoms with Crippen LogP contribution in [0, 0.1) is 0 Å². The molecule has 0 atom stereocenters. The highest BCUT2D eigenvalue weighted by Gasteiger charge is 2.26. The van der Waals surface area contributed by atoms with Gasteiger partial charge in [-0.05, 0) is 42.7 Å². The molecule has 3 nitrogen and oxygen atoms in total. The van der Waals surface area contributed by atoms with Crippen LogP contribution in [-0.2, 0) is 4.79 Å². The van der Waals surface area contributed by atoms with E-state index in [0.717, 1.165) is 23.8 Å². The first-order chi connectivity index (χ1) is 10.3. The number of rotatable bonds is 2. The third-order valence-electron chi connectivity index (χ3n) is 3.57. The van der Waals surface area contributed by atoms with E-state index < -0.39 is 0 Å². The third-order valence-corrected chi connectivity index (χ3v) is 4.63. The molecule has 0 saturated carbocycles. The normalized spacial score (nSPS) is 21.3. The summed E-state index contributed by atoms with van der Waals surface area (Å²) in [6.45, 7) is 2.04. The van der Waals surface area contributed by atoms with Gasteiger partial charge in [-0.25, -0.2) is 0 Å². The van der Waals surface area contributed by atoms with Gasteiger partial charge in [0.25, 0.3) is 5.91 Å². The van der Waals surface area contributed by atoms with Crippen molar-refractivity contribution < 1.29 is 4.79 Å². The summed E-state index contributed by atoms with van der Waals surface area (Å²) in [5.41, 5.74) is 1.13. The molecule has 1 amide bonds. The van der Waals surface area contributed by atoms with Crippen LogP contribution in [0.3, 0.4) is 0 Å². The van der Waals surface area contributed by atoms with E-state index in [4.69, 9.17) is 0 Å². The maximum absolute atomic E-state index is 11.9. The van der Waals surface area contributed by atoms with Crippen LogP contribution >= 0.6 is 11.8 Å². The van der Waals surface area contributed by atoms with Crippen molar-refractivity contribution in [1.82, 2.24) is 4.90 Å². The van der Waals surface area contributed by atoms with E-state index in [1.165, 1.54) is 31.0 Å². The number of carbonyl (C=O) groups is 1. The van der Waals surface area contributed by atoms with E-state index in [9.17, 15) is 4.79 Å². The molecule has 4 heteroatoms. The Morgan fingerprint density at radius 2 is 1.86 bits per heavy atom. The Hall–Kier alpha value is -1.81. The third kappa shape index (κ3) is 3.64. The molecule has 2 aliphatic heterocycles. The van der Waals surface area contributed by atoms with Crippen molar-refractivity contribution in [2.45, 2.75) is 19.3 Å². The van der Waals surface area contributed by atoms with Crippen molar-refractivity contribution in [3.8, 4) is 0 Å². The molecule has 1 aromatic carbocycles. The molecule has 108 valence electrons.